The van der Waals surface area contributed by atoms with E-state index >= 15 is 0 Å². The second-order valence-corrected chi connectivity index (χ2v) is 6.82. The Morgan fingerprint density at radius 3 is 2.35 bits per heavy atom. The molecule has 0 aliphatic carbocycles. The Morgan fingerprint density at radius 2 is 1.82 bits per heavy atom. The van der Waals surface area contributed by atoms with Gasteiger partial charge < -0.3 is 5.73 Å². The number of hydrogen-bond acceptors (Lipinski definition) is 3. The quantitative estimate of drug-likeness (QED) is 0.881. The van der Waals surface area contributed by atoms with Crippen molar-refractivity contribution < 1.29 is 0 Å². The number of aromatic nitrogens is 1. The zero-order chi connectivity index (χ0) is 12.8. The van der Waals surface area contributed by atoms with Crippen molar-refractivity contribution >= 4 is 21.6 Å². The molecule has 2 aromatic rings. The van der Waals surface area contributed by atoms with Crippen LogP contribution in [0, 0.1) is 6.92 Å². The van der Waals surface area contributed by atoms with E-state index in [0.717, 1.165) is 10.5 Å². The SMILES string of the molecule is Cc1cccc2sc(C(C)(C)C(C)(C)N)nc12. The maximum absolute atomic E-state index is 6.27. The third-order valence-electron chi connectivity index (χ3n) is 3.77. The molecule has 0 atom stereocenters. The minimum atomic E-state index is -0.283. The summed E-state index contributed by atoms with van der Waals surface area (Å²) in [6.45, 7) is 10.6. The predicted octanol–water partition coefficient (Wildman–Crippen LogP) is 3.62. The zero-order valence-corrected chi connectivity index (χ0v) is 12.0. The van der Waals surface area contributed by atoms with Gasteiger partial charge in [0.05, 0.1) is 10.2 Å². The molecule has 0 unspecified atom stereocenters. The summed E-state index contributed by atoms with van der Waals surface area (Å²) >= 11 is 1.75. The Kier molecular flexibility index (Phi) is 2.79. The molecule has 0 bridgehead atoms. The van der Waals surface area contributed by atoms with Crippen LogP contribution in [0.5, 0.6) is 0 Å². The van der Waals surface area contributed by atoms with Crippen LogP contribution in [0.1, 0.15) is 38.3 Å². The number of thiazole rings is 1. The van der Waals surface area contributed by atoms with Crippen LogP contribution < -0.4 is 5.73 Å². The lowest BCUT2D eigenvalue weighted by molar-refractivity contribution is 0.306. The van der Waals surface area contributed by atoms with Gasteiger partial charge in [-0.2, -0.15) is 0 Å². The summed E-state index contributed by atoms with van der Waals surface area (Å²) < 4.78 is 1.25. The van der Waals surface area contributed by atoms with Crippen LogP contribution in [0.4, 0.5) is 0 Å². The molecular weight excluding hydrogens is 228 g/mol. The number of aryl methyl sites for hydroxylation is 1. The van der Waals surface area contributed by atoms with Crippen LogP contribution in [-0.2, 0) is 5.41 Å². The highest BCUT2D eigenvalue weighted by atomic mass is 32.1. The van der Waals surface area contributed by atoms with Crippen LogP contribution in [0.2, 0.25) is 0 Å². The lowest BCUT2D eigenvalue weighted by atomic mass is 9.76. The molecule has 0 fully saturated rings. The van der Waals surface area contributed by atoms with Crippen LogP contribution >= 0.6 is 11.3 Å². The molecule has 0 aliphatic heterocycles. The Balaban J connectivity index is 2.62. The summed E-state index contributed by atoms with van der Waals surface area (Å²) in [5.74, 6) is 0. The summed E-state index contributed by atoms with van der Waals surface area (Å²) in [4.78, 5) is 4.79. The largest absolute Gasteiger partial charge is 0.325 e. The highest BCUT2D eigenvalue weighted by Gasteiger charge is 2.37. The van der Waals surface area contributed by atoms with Gasteiger partial charge in [-0.15, -0.1) is 11.3 Å². The van der Waals surface area contributed by atoms with E-state index in [9.17, 15) is 0 Å². The molecule has 3 heteroatoms. The third-order valence-corrected chi connectivity index (χ3v) is 5.11. The summed E-state index contributed by atoms with van der Waals surface area (Å²) in [6.07, 6.45) is 0. The Hall–Kier alpha value is -0.930. The van der Waals surface area contributed by atoms with Gasteiger partial charge >= 0.3 is 0 Å². The smallest absolute Gasteiger partial charge is 0.101 e. The maximum atomic E-state index is 6.27. The molecule has 0 saturated heterocycles. The lowest BCUT2D eigenvalue weighted by Gasteiger charge is -2.36. The molecule has 17 heavy (non-hydrogen) atoms. The number of para-hydroxylation sites is 1. The number of nitrogens with two attached hydrogens (primary N) is 1. The van der Waals surface area contributed by atoms with Gasteiger partial charge in [0.15, 0.2) is 0 Å². The van der Waals surface area contributed by atoms with Crippen molar-refractivity contribution in [2.75, 3.05) is 0 Å². The molecule has 0 amide bonds. The predicted molar refractivity (Wildman–Crippen MR) is 75.6 cm³/mol. The Labute approximate surface area is 107 Å². The van der Waals surface area contributed by atoms with E-state index in [1.54, 1.807) is 11.3 Å². The number of rotatable bonds is 2. The first kappa shape index (κ1) is 12.5. The second-order valence-electron chi connectivity index (χ2n) is 5.79. The summed E-state index contributed by atoms with van der Waals surface area (Å²) in [6, 6.07) is 6.32. The van der Waals surface area contributed by atoms with Gasteiger partial charge in [-0.05, 0) is 32.4 Å². The van der Waals surface area contributed by atoms with Gasteiger partial charge in [-0.25, -0.2) is 4.98 Å². The number of nitrogens with zero attached hydrogens (tertiary/aromatic N) is 1. The molecule has 1 aromatic carbocycles. The lowest BCUT2D eigenvalue weighted by Crippen LogP contribution is -2.50. The van der Waals surface area contributed by atoms with E-state index in [0.29, 0.717) is 0 Å². The second kappa shape index (κ2) is 3.79. The molecule has 0 spiro atoms. The average molecular weight is 248 g/mol. The number of hydrogen-bond donors (Lipinski definition) is 1. The van der Waals surface area contributed by atoms with Gasteiger partial charge in [0.25, 0.3) is 0 Å². The fourth-order valence-corrected chi connectivity index (χ4v) is 2.94. The molecule has 0 radical (unpaired) electrons. The van der Waals surface area contributed by atoms with Gasteiger partial charge in [0, 0.05) is 11.0 Å². The van der Waals surface area contributed by atoms with Crippen molar-refractivity contribution in [3.63, 3.8) is 0 Å². The first-order valence-electron chi connectivity index (χ1n) is 5.89. The van der Waals surface area contributed by atoms with Crippen LogP contribution in [0.15, 0.2) is 18.2 Å². The van der Waals surface area contributed by atoms with E-state index in [4.69, 9.17) is 10.7 Å². The van der Waals surface area contributed by atoms with Crippen molar-refractivity contribution in [2.45, 2.75) is 45.6 Å². The van der Waals surface area contributed by atoms with Gasteiger partial charge in [0.1, 0.15) is 5.01 Å². The van der Waals surface area contributed by atoms with Gasteiger partial charge in [0.2, 0.25) is 0 Å². The molecule has 0 aliphatic rings. The van der Waals surface area contributed by atoms with Gasteiger partial charge in [-0.1, -0.05) is 26.0 Å². The number of fused-ring (bicyclic) bond motifs is 1. The molecule has 92 valence electrons. The zero-order valence-electron chi connectivity index (χ0n) is 11.2. The molecule has 2 N–H and O–H groups in total. The highest BCUT2D eigenvalue weighted by Crippen LogP contribution is 2.38. The van der Waals surface area contributed by atoms with E-state index in [1.807, 2.05) is 0 Å². The van der Waals surface area contributed by atoms with E-state index < -0.39 is 0 Å². The monoisotopic (exact) mass is 248 g/mol. The number of benzene rings is 1. The van der Waals surface area contributed by atoms with Crippen LogP contribution in [0.3, 0.4) is 0 Å². The third kappa shape index (κ3) is 1.98. The minimum absolute atomic E-state index is 0.122. The molecule has 2 rings (SSSR count). The van der Waals surface area contributed by atoms with Crippen LogP contribution in [-0.4, -0.2) is 10.5 Å². The molecule has 2 nitrogen and oxygen atoms in total. The summed E-state index contributed by atoms with van der Waals surface area (Å²) in [7, 11) is 0. The normalized spacial score (nSPS) is 13.3. The molecule has 0 saturated carbocycles. The average Bonchev–Trinajstić information content (AvgIpc) is 2.61. The summed E-state index contributed by atoms with van der Waals surface area (Å²) in [5, 5.41) is 1.12. The molecular formula is C14H20N2S. The molecule has 1 heterocycles. The van der Waals surface area contributed by atoms with Crippen LogP contribution in [0.25, 0.3) is 10.2 Å². The fourth-order valence-electron chi connectivity index (χ4n) is 1.63. The molecule has 1 aromatic heterocycles. The first-order valence-corrected chi connectivity index (χ1v) is 6.70. The topological polar surface area (TPSA) is 38.9 Å². The highest BCUT2D eigenvalue weighted by molar-refractivity contribution is 7.18. The standard InChI is InChI=1S/C14H20N2S/c1-9-7-6-8-10-11(9)16-12(17-10)13(2,3)14(4,5)15/h6-8H,15H2,1-5H3. The van der Waals surface area contributed by atoms with E-state index in [-0.39, 0.29) is 11.0 Å². The van der Waals surface area contributed by atoms with Crippen molar-refractivity contribution in [2.24, 2.45) is 5.73 Å². The van der Waals surface area contributed by atoms with E-state index in [2.05, 4.69) is 52.8 Å². The summed E-state index contributed by atoms with van der Waals surface area (Å²) in [5.41, 5.74) is 8.21. The van der Waals surface area contributed by atoms with Crippen molar-refractivity contribution in [1.29, 1.82) is 0 Å². The maximum Gasteiger partial charge on any atom is 0.101 e. The van der Waals surface area contributed by atoms with Crippen molar-refractivity contribution in [3.8, 4) is 0 Å². The Morgan fingerprint density at radius 1 is 1.18 bits per heavy atom. The van der Waals surface area contributed by atoms with E-state index in [1.165, 1.54) is 10.3 Å². The fraction of sp³-hybridized carbons (Fsp3) is 0.500. The van der Waals surface area contributed by atoms with Crippen molar-refractivity contribution in [3.05, 3.63) is 28.8 Å². The van der Waals surface area contributed by atoms with Crippen molar-refractivity contribution in [1.82, 2.24) is 4.98 Å². The first-order chi connectivity index (χ1) is 7.73. The minimum Gasteiger partial charge on any atom is -0.325 e. The Bertz CT molecular complexity index is 547. The van der Waals surface area contributed by atoms with Gasteiger partial charge in [-0.3, -0.25) is 0 Å².